The van der Waals surface area contributed by atoms with Crippen LogP contribution in [0.2, 0.25) is 0 Å². The van der Waals surface area contributed by atoms with E-state index in [-0.39, 0.29) is 6.54 Å². The summed E-state index contributed by atoms with van der Waals surface area (Å²) in [7, 11) is 0. The van der Waals surface area contributed by atoms with Gasteiger partial charge < -0.3 is 19.5 Å². The van der Waals surface area contributed by atoms with E-state index in [1.54, 1.807) is 24.3 Å². The number of benzene rings is 2. The van der Waals surface area contributed by atoms with E-state index < -0.39 is 24.5 Å². The van der Waals surface area contributed by atoms with Crippen molar-refractivity contribution in [1.82, 2.24) is 10.6 Å². The Bertz CT molecular complexity index is 927. The number of urea groups is 1. The summed E-state index contributed by atoms with van der Waals surface area (Å²) in [5.41, 5.74) is 1.60. The number of carbonyl (C=O) groups excluding carboxylic acids is 3. The Morgan fingerprint density at radius 3 is 2.47 bits per heavy atom. The van der Waals surface area contributed by atoms with Gasteiger partial charge in [-0.2, -0.15) is 0 Å². The number of amides is 3. The Morgan fingerprint density at radius 2 is 1.75 bits per heavy atom. The smallest absolute Gasteiger partial charge is 0.331 e. The van der Waals surface area contributed by atoms with Gasteiger partial charge in [0.05, 0.1) is 13.2 Å². The van der Waals surface area contributed by atoms with Gasteiger partial charge in [-0.15, -0.1) is 0 Å². The van der Waals surface area contributed by atoms with Crippen molar-refractivity contribution >= 4 is 24.0 Å². The molecule has 170 valence electrons. The van der Waals surface area contributed by atoms with Crippen molar-refractivity contribution in [1.29, 1.82) is 0 Å². The first kappa shape index (κ1) is 24.5. The highest BCUT2D eigenvalue weighted by atomic mass is 16.5. The third-order valence-corrected chi connectivity index (χ3v) is 4.04. The number of ether oxygens (including phenoxy) is 3. The molecule has 0 aliphatic heterocycles. The predicted octanol–water partition coefficient (Wildman–Crippen LogP) is 3.46. The lowest BCUT2D eigenvalue weighted by Crippen LogP contribution is -2.41. The second-order valence-corrected chi connectivity index (χ2v) is 6.65. The number of esters is 1. The Labute approximate surface area is 187 Å². The molecule has 2 aromatic rings. The maximum Gasteiger partial charge on any atom is 0.331 e. The zero-order valence-electron chi connectivity index (χ0n) is 18.3. The second kappa shape index (κ2) is 13.5. The predicted molar refractivity (Wildman–Crippen MR) is 120 cm³/mol. The van der Waals surface area contributed by atoms with Crippen LogP contribution in [0, 0.1) is 0 Å². The van der Waals surface area contributed by atoms with Gasteiger partial charge in [0.2, 0.25) is 0 Å². The minimum Gasteiger partial charge on any atom is -0.490 e. The highest BCUT2D eigenvalue weighted by molar-refractivity contribution is 5.96. The van der Waals surface area contributed by atoms with Crippen LogP contribution in [0.4, 0.5) is 4.79 Å². The van der Waals surface area contributed by atoms with E-state index in [2.05, 4.69) is 10.6 Å². The minimum atomic E-state index is -0.728. The molecule has 2 N–H and O–H groups in total. The lowest BCUT2D eigenvalue weighted by molar-refractivity contribution is -0.143. The van der Waals surface area contributed by atoms with Gasteiger partial charge in [-0.3, -0.25) is 10.1 Å². The molecule has 8 heteroatoms. The van der Waals surface area contributed by atoms with Gasteiger partial charge in [0.15, 0.2) is 18.1 Å². The molecule has 0 aliphatic carbocycles. The minimum absolute atomic E-state index is 0.272. The van der Waals surface area contributed by atoms with Crippen LogP contribution >= 0.6 is 0 Å². The summed E-state index contributed by atoms with van der Waals surface area (Å²) in [6.45, 7) is 4.64. The molecular formula is C24H28N2O6. The number of imide groups is 1. The zero-order valence-corrected chi connectivity index (χ0v) is 18.3. The summed E-state index contributed by atoms with van der Waals surface area (Å²) >= 11 is 0. The normalized spacial score (nSPS) is 10.4. The Morgan fingerprint density at radius 1 is 0.969 bits per heavy atom. The van der Waals surface area contributed by atoms with Crippen molar-refractivity contribution in [2.24, 2.45) is 0 Å². The third kappa shape index (κ3) is 8.91. The molecule has 0 unspecified atom stereocenters. The zero-order chi connectivity index (χ0) is 23.2. The quantitative estimate of drug-likeness (QED) is 0.410. The third-order valence-electron chi connectivity index (χ3n) is 4.04. The maximum atomic E-state index is 11.9. The Hall–Kier alpha value is -3.81. The average molecular weight is 440 g/mol. The molecule has 2 rings (SSSR count). The average Bonchev–Trinajstić information content (AvgIpc) is 2.80. The number of nitrogens with one attached hydrogen (secondary N) is 2. The summed E-state index contributed by atoms with van der Waals surface area (Å²) < 4.78 is 16.1. The molecule has 0 heterocycles. The lowest BCUT2D eigenvalue weighted by atomic mass is 10.2. The highest BCUT2D eigenvalue weighted by Crippen LogP contribution is 2.29. The van der Waals surface area contributed by atoms with E-state index >= 15 is 0 Å². The fourth-order valence-electron chi connectivity index (χ4n) is 2.56. The SMILES string of the molecule is CCCOc1ccc(/C=C/C(=O)OCC(=O)NC(=O)NCc2ccccc2)cc1OCC. The second-order valence-electron chi connectivity index (χ2n) is 6.65. The number of hydrogen-bond donors (Lipinski definition) is 2. The van der Waals surface area contributed by atoms with Crippen molar-refractivity contribution in [2.75, 3.05) is 19.8 Å². The van der Waals surface area contributed by atoms with Gasteiger partial charge in [-0.1, -0.05) is 43.3 Å². The Kier molecular flexibility index (Phi) is 10.3. The van der Waals surface area contributed by atoms with Crippen molar-refractivity contribution in [2.45, 2.75) is 26.8 Å². The largest absolute Gasteiger partial charge is 0.490 e. The van der Waals surface area contributed by atoms with Gasteiger partial charge in [0.25, 0.3) is 5.91 Å². The Balaban J connectivity index is 1.78. The van der Waals surface area contributed by atoms with Gasteiger partial charge in [-0.05, 0) is 42.7 Å². The van der Waals surface area contributed by atoms with Crippen molar-refractivity contribution in [3.63, 3.8) is 0 Å². The summed E-state index contributed by atoms with van der Waals surface area (Å²) in [4.78, 5) is 35.4. The van der Waals surface area contributed by atoms with E-state index in [1.165, 1.54) is 6.08 Å². The van der Waals surface area contributed by atoms with E-state index in [4.69, 9.17) is 14.2 Å². The van der Waals surface area contributed by atoms with Crippen LogP contribution in [-0.2, 0) is 20.9 Å². The van der Waals surface area contributed by atoms with Crippen LogP contribution in [0.15, 0.2) is 54.6 Å². The van der Waals surface area contributed by atoms with E-state index in [9.17, 15) is 14.4 Å². The molecule has 3 amide bonds. The number of carbonyl (C=O) groups is 3. The fourth-order valence-corrected chi connectivity index (χ4v) is 2.56. The molecule has 0 spiro atoms. The molecule has 32 heavy (non-hydrogen) atoms. The van der Waals surface area contributed by atoms with Crippen molar-refractivity contribution < 1.29 is 28.6 Å². The van der Waals surface area contributed by atoms with Crippen LogP contribution in [0.1, 0.15) is 31.4 Å². The maximum absolute atomic E-state index is 11.9. The first-order valence-corrected chi connectivity index (χ1v) is 10.4. The number of rotatable bonds is 11. The molecule has 2 aromatic carbocycles. The molecule has 0 atom stereocenters. The van der Waals surface area contributed by atoms with Crippen LogP contribution in [0.3, 0.4) is 0 Å². The first-order chi connectivity index (χ1) is 15.5. The van der Waals surface area contributed by atoms with Crippen molar-refractivity contribution in [3.05, 3.63) is 65.7 Å². The molecule has 0 saturated carbocycles. The molecular weight excluding hydrogens is 412 g/mol. The van der Waals surface area contributed by atoms with Gasteiger partial charge in [0, 0.05) is 12.6 Å². The van der Waals surface area contributed by atoms with Crippen molar-refractivity contribution in [3.8, 4) is 11.5 Å². The standard InChI is InChI=1S/C24H28N2O6/c1-3-14-31-20-12-10-18(15-21(20)30-4-2)11-13-23(28)32-17-22(27)26-24(29)25-16-19-8-6-5-7-9-19/h5-13,15H,3-4,14,16-17H2,1-2H3,(H2,25,26,27,29)/b13-11+. The summed E-state index contributed by atoms with van der Waals surface area (Å²) in [6, 6.07) is 13.9. The highest BCUT2D eigenvalue weighted by Gasteiger charge is 2.10. The number of hydrogen-bond acceptors (Lipinski definition) is 6. The van der Waals surface area contributed by atoms with E-state index in [0.717, 1.165) is 12.0 Å². The molecule has 0 saturated heterocycles. The van der Waals surface area contributed by atoms with Crippen LogP contribution in [0.5, 0.6) is 11.5 Å². The molecule has 0 fully saturated rings. The van der Waals surface area contributed by atoms with Gasteiger partial charge in [0.1, 0.15) is 0 Å². The summed E-state index contributed by atoms with van der Waals surface area (Å²) in [5.74, 6) is -0.226. The molecule has 0 bridgehead atoms. The fraction of sp³-hybridized carbons (Fsp3) is 0.292. The van der Waals surface area contributed by atoms with Crippen LogP contribution in [-0.4, -0.2) is 37.7 Å². The molecule has 8 nitrogen and oxygen atoms in total. The van der Waals surface area contributed by atoms with Crippen LogP contribution in [0.25, 0.3) is 6.08 Å². The summed E-state index contributed by atoms with van der Waals surface area (Å²) in [6.07, 6.45) is 3.61. The monoisotopic (exact) mass is 440 g/mol. The topological polar surface area (TPSA) is 103 Å². The van der Waals surface area contributed by atoms with Crippen LogP contribution < -0.4 is 20.1 Å². The van der Waals surface area contributed by atoms with E-state index in [0.29, 0.717) is 30.3 Å². The van der Waals surface area contributed by atoms with E-state index in [1.807, 2.05) is 44.2 Å². The van der Waals surface area contributed by atoms with Gasteiger partial charge in [-0.25, -0.2) is 9.59 Å². The summed E-state index contributed by atoms with van der Waals surface area (Å²) in [5, 5.41) is 4.65. The first-order valence-electron chi connectivity index (χ1n) is 10.4. The lowest BCUT2D eigenvalue weighted by Gasteiger charge is -2.12. The molecule has 0 aromatic heterocycles. The molecule has 0 aliphatic rings. The molecule has 0 radical (unpaired) electrons. The van der Waals surface area contributed by atoms with Gasteiger partial charge >= 0.3 is 12.0 Å².